The average Bonchev–Trinajstić information content (AvgIpc) is 3.25. The summed E-state index contributed by atoms with van der Waals surface area (Å²) < 4.78 is 44.8. The van der Waals surface area contributed by atoms with Gasteiger partial charge in [0.1, 0.15) is 18.4 Å². The minimum Gasteiger partial charge on any atom is -0.323 e. The molecule has 1 unspecified atom stereocenters. The van der Waals surface area contributed by atoms with Gasteiger partial charge in [0.05, 0.1) is 25.6 Å². The Hall–Kier alpha value is -2.16. The zero-order valence-corrected chi connectivity index (χ0v) is 16.4. The third-order valence-electron chi connectivity index (χ3n) is 4.12. The van der Waals surface area contributed by atoms with E-state index in [0.29, 0.717) is 11.0 Å². The number of aromatic nitrogens is 4. The molecular formula is C18H12Cl2F3N4S+. The molecule has 4 rings (SSSR count). The Morgan fingerprint density at radius 1 is 1.04 bits per heavy atom. The van der Waals surface area contributed by atoms with Crippen LogP contribution < -0.4 is 0 Å². The Kier molecular flexibility index (Phi) is 5.03. The van der Waals surface area contributed by atoms with Gasteiger partial charge in [-0.3, -0.25) is 0 Å². The van der Waals surface area contributed by atoms with E-state index in [1.54, 1.807) is 12.3 Å². The van der Waals surface area contributed by atoms with Crippen molar-refractivity contribution >= 4 is 44.9 Å². The Morgan fingerprint density at radius 3 is 2.39 bits per heavy atom. The second-order valence-corrected chi connectivity index (χ2v) is 8.45. The fourth-order valence-electron chi connectivity index (χ4n) is 2.89. The molecule has 1 atom stereocenters. The quantitative estimate of drug-likeness (QED) is 0.362. The van der Waals surface area contributed by atoms with Crippen molar-refractivity contribution in [2.24, 2.45) is 0 Å². The first-order valence-corrected chi connectivity index (χ1v) is 10.1. The summed E-state index contributed by atoms with van der Waals surface area (Å²) in [6, 6.07) is 10.6. The van der Waals surface area contributed by atoms with Crippen molar-refractivity contribution in [3.05, 3.63) is 69.4 Å². The summed E-state index contributed by atoms with van der Waals surface area (Å²) >= 11 is 12.1. The van der Waals surface area contributed by atoms with Crippen molar-refractivity contribution < 1.29 is 13.2 Å². The molecule has 144 valence electrons. The van der Waals surface area contributed by atoms with Gasteiger partial charge < -0.3 is 4.57 Å². The lowest BCUT2D eigenvalue weighted by Crippen LogP contribution is -2.16. The maximum absolute atomic E-state index is 13.0. The van der Waals surface area contributed by atoms with Crippen molar-refractivity contribution in [2.75, 3.05) is 0 Å². The Balaban J connectivity index is 1.74. The van der Waals surface area contributed by atoms with Crippen LogP contribution in [-0.2, 0) is 13.0 Å². The minimum atomic E-state index is -4.38. The monoisotopic (exact) mass is 443 g/mol. The van der Waals surface area contributed by atoms with Crippen molar-refractivity contribution in [1.29, 1.82) is 0 Å². The van der Waals surface area contributed by atoms with Gasteiger partial charge in [0.25, 0.3) is 0 Å². The molecule has 0 amide bonds. The highest BCUT2D eigenvalue weighted by molar-refractivity contribution is 7.33. The van der Waals surface area contributed by atoms with Crippen LogP contribution in [0.2, 0.25) is 10.0 Å². The minimum absolute atomic E-state index is 0.0840. The topological polar surface area (TPSA) is 43.6 Å². The SMILES string of the molecule is FC(F)(F)Cc1nc2cc(Cl)c(Cl)cc2n1Cc1ccc(-[s+]2ccnn2)cc1. The van der Waals surface area contributed by atoms with Crippen LogP contribution in [0.3, 0.4) is 0 Å². The number of nitrogens with zero attached hydrogens (tertiary/aromatic N) is 4. The highest BCUT2D eigenvalue weighted by atomic mass is 35.5. The molecule has 0 aliphatic heterocycles. The van der Waals surface area contributed by atoms with Gasteiger partial charge >= 0.3 is 6.18 Å². The third kappa shape index (κ3) is 3.99. The number of rotatable bonds is 4. The van der Waals surface area contributed by atoms with E-state index in [0.717, 1.165) is 10.5 Å². The Morgan fingerprint density at radius 2 is 1.75 bits per heavy atom. The van der Waals surface area contributed by atoms with Crippen molar-refractivity contribution in [1.82, 2.24) is 19.1 Å². The summed E-state index contributed by atoms with van der Waals surface area (Å²) in [4.78, 5) is 5.13. The summed E-state index contributed by atoms with van der Waals surface area (Å²) in [6.45, 7) is 0.227. The van der Waals surface area contributed by atoms with Crippen LogP contribution in [0, 0.1) is 0 Å². The van der Waals surface area contributed by atoms with Crippen molar-refractivity contribution in [3.63, 3.8) is 0 Å². The van der Waals surface area contributed by atoms with Gasteiger partial charge in [-0.1, -0.05) is 35.3 Å². The van der Waals surface area contributed by atoms with E-state index < -0.39 is 23.3 Å². The molecule has 0 aliphatic rings. The van der Waals surface area contributed by atoms with E-state index >= 15 is 0 Å². The van der Waals surface area contributed by atoms with Crippen LogP contribution in [0.15, 0.2) is 48.0 Å². The fourth-order valence-corrected chi connectivity index (χ4v) is 4.26. The Labute approximate surface area is 170 Å². The average molecular weight is 444 g/mol. The normalized spacial score (nSPS) is 12.7. The van der Waals surface area contributed by atoms with Gasteiger partial charge in [-0.05, 0) is 17.7 Å². The molecule has 28 heavy (non-hydrogen) atoms. The molecule has 0 aliphatic carbocycles. The third-order valence-corrected chi connectivity index (χ3v) is 6.25. The highest BCUT2D eigenvalue weighted by Gasteiger charge is 2.31. The predicted molar refractivity (Wildman–Crippen MR) is 104 cm³/mol. The largest absolute Gasteiger partial charge is 0.396 e. The summed E-state index contributed by atoms with van der Waals surface area (Å²) in [5.41, 5.74) is 1.72. The van der Waals surface area contributed by atoms with Gasteiger partial charge in [-0.2, -0.15) is 13.2 Å². The molecule has 0 saturated heterocycles. The standard InChI is InChI=1S/C18H12Cl2F3N4S/c19-13-7-15-16(8-14(13)20)27(17(25-15)9-18(21,22)23)10-11-1-3-12(4-2-11)28-6-5-24-26-28/h1-8H,9-10H2/q+1. The predicted octanol–water partition coefficient (Wildman–Crippen LogP) is 6.02. The van der Waals surface area contributed by atoms with E-state index in [-0.39, 0.29) is 22.4 Å². The summed E-state index contributed by atoms with van der Waals surface area (Å²) in [5, 5.41) is 6.25. The Bertz CT molecular complexity index is 1120. The molecule has 0 spiro atoms. The van der Waals surface area contributed by atoms with Crippen LogP contribution in [0.25, 0.3) is 15.9 Å². The van der Waals surface area contributed by atoms with Crippen LogP contribution in [0.5, 0.6) is 0 Å². The summed E-state index contributed by atoms with van der Waals surface area (Å²) in [7, 11) is -0.406. The van der Waals surface area contributed by atoms with E-state index in [9.17, 15) is 13.2 Å². The van der Waals surface area contributed by atoms with E-state index in [1.807, 2.05) is 29.6 Å². The van der Waals surface area contributed by atoms with Crippen LogP contribution in [-0.4, -0.2) is 25.3 Å². The van der Waals surface area contributed by atoms with Crippen LogP contribution >= 0.6 is 33.9 Å². The van der Waals surface area contributed by atoms with Crippen molar-refractivity contribution in [2.45, 2.75) is 19.1 Å². The summed E-state index contributed by atoms with van der Waals surface area (Å²) in [6.07, 6.45) is -3.87. The molecule has 0 saturated carbocycles. The van der Waals surface area contributed by atoms with Gasteiger partial charge in [-0.25, -0.2) is 4.98 Å². The van der Waals surface area contributed by atoms with Crippen molar-refractivity contribution in [3.8, 4) is 4.90 Å². The molecule has 4 aromatic rings. The zero-order valence-electron chi connectivity index (χ0n) is 14.1. The van der Waals surface area contributed by atoms with Crippen LogP contribution in [0.4, 0.5) is 13.2 Å². The maximum Gasteiger partial charge on any atom is 0.396 e. The molecule has 0 N–H and O–H groups in total. The molecule has 0 radical (unpaired) electrons. The lowest BCUT2D eigenvalue weighted by molar-refractivity contribution is -0.128. The fraction of sp³-hybridized carbons (Fsp3) is 0.167. The van der Waals surface area contributed by atoms with Gasteiger partial charge in [-0.15, -0.1) is 5.10 Å². The number of imidazole rings is 1. The lowest BCUT2D eigenvalue weighted by atomic mass is 10.2. The van der Waals surface area contributed by atoms with Gasteiger partial charge in [0, 0.05) is 18.7 Å². The van der Waals surface area contributed by atoms with E-state index in [1.165, 1.54) is 10.6 Å². The molecule has 0 fully saturated rings. The van der Waals surface area contributed by atoms with E-state index in [2.05, 4.69) is 14.6 Å². The lowest BCUT2D eigenvalue weighted by Gasteiger charge is -2.11. The second-order valence-electron chi connectivity index (χ2n) is 6.10. The molecule has 2 heterocycles. The molecule has 0 bridgehead atoms. The van der Waals surface area contributed by atoms with Gasteiger partial charge in [0.2, 0.25) is 4.90 Å². The highest BCUT2D eigenvalue weighted by Crippen LogP contribution is 2.31. The first-order chi connectivity index (χ1) is 13.3. The maximum atomic E-state index is 13.0. The second kappa shape index (κ2) is 7.35. The smallest absolute Gasteiger partial charge is 0.323 e. The molecule has 2 aromatic heterocycles. The zero-order chi connectivity index (χ0) is 19.9. The number of hydrogen-bond donors (Lipinski definition) is 0. The number of alkyl halides is 3. The number of halogens is 5. The number of hydrogen-bond acceptors (Lipinski definition) is 3. The number of fused-ring (bicyclic) bond motifs is 1. The summed E-state index contributed by atoms with van der Waals surface area (Å²) in [5.74, 6) is -0.0840. The molecule has 10 heteroatoms. The van der Waals surface area contributed by atoms with Gasteiger partial charge in [0.15, 0.2) is 16.0 Å². The molecular weight excluding hydrogens is 432 g/mol. The first-order valence-electron chi connectivity index (χ1n) is 8.11. The van der Waals surface area contributed by atoms with E-state index in [4.69, 9.17) is 23.2 Å². The molecule has 4 nitrogen and oxygen atoms in total. The first kappa shape index (κ1) is 19.2. The molecule has 2 aromatic carbocycles. The van der Waals surface area contributed by atoms with Crippen LogP contribution in [0.1, 0.15) is 11.4 Å². The number of benzene rings is 2.